The molecule has 9 nitrogen and oxygen atoms in total. The highest BCUT2D eigenvalue weighted by atomic mass is 32.2. The number of aliphatic carboxylic acids is 1. The lowest BCUT2D eigenvalue weighted by atomic mass is 10.1. The number of benzene rings is 1. The van der Waals surface area contributed by atoms with Gasteiger partial charge in [-0.3, -0.25) is 9.59 Å². The molecule has 1 aromatic carbocycles. The summed E-state index contributed by atoms with van der Waals surface area (Å²) >= 11 is 0. The molecule has 164 valence electrons. The van der Waals surface area contributed by atoms with Crippen molar-refractivity contribution in [2.45, 2.75) is 57.9 Å². The van der Waals surface area contributed by atoms with Crippen molar-refractivity contribution in [1.29, 1.82) is 0 Å². The molecular weight excluding hydrogens is 410 g/mol. The first-order valence-electron chi connectivity index (χ1n) is 9.78. The smallest absolute Gasteiger partial charge is 0.321 e. The van der Waals surface area contributed by atoms with E-state index in [1.165, 1.54) is 25.1 Å². The number of carboxylic acid groups (broad SMARTS) is 1. The summed E-state index contributed by atoms with van der Waals surface area (Å²) in [5.41, 5.74) is 1.23. The number of aromatic amines is 1. The average molecular weight is 438 g/mol. The Morgan fingerprint density at radius 3 is 2.53 bits per heavy atom. The van der Waals surface area contributed by atoms with Gasteiger partial charge in [0.2, 0.25) is 10.0 Å². The summed E-state index contributed by atoms with van der Waals surface area (Å²) in [6, 6.07) is 2.82. The molecule has 1 unspecified atom stereocenters. The first-order valence-corrected chi connectivity index (χ1v) is 11.3. The minimum Gasteiger partial charge on any atom is -0.493 e. The number of H-pyrrole nitrogens is 1. The normalized spacial score (nSPS) is 12.5. The van der Waals surface area contributed by atoms with Crippen LogP contribution in [0.5, 0.6) is 5.75 Å². The molecule has 0 aliphatic carbocycles. The molecule has 0 spiro atoms. The minimum absolute atomic E-state index is 0.158. The second-order valence-electron chi connectivity index (χ2n) is 6.73. The predicted octanol–water partition coefficient (Wildman–Crippen LogP) is 2.10. The van der Waals surface area contributed by atoms with Crippen molar-refractivity contribution in [2.24, 2.45) is 0 Å². The van der Waals surface area contributed by atoms with Crippen LogP contribution in [0.4, 0.5) is 0 Å². The van der Waals surface area contributed by atoms with E-state index in [0.717, 1.165) is 6.42 Å². The van der Waals surface area contributed by atoms with Crippen LogP contribution >= 0.6 is 0 Å². The molecule has 30 heavy (non-hydrogen) atoms. The Balaban J connectivity index is 2.65. The van der Waals surface area contributed by atoms with Crippen molar-refractivity contribution >= 4 is 16.0 Å². The molecule has 1 heterocycles. The zero-order valence-electron chi connectivity index (χ0n) is 17.5. The molecule has 0 bridgehead atoms. The van der Waals surface area contributed by atoms with Gasteiger partial charge < -0.3 is 14.8 Å². The van der Waals surface area contributed by atoms with E-state index >= 15 is 0 Å². The van der Waals surface area contributed by atoms with Gasteiger partial charge in [-0.1, -0.05) is 20.8 Å². The number of ether oxygens (including phenoxy) is 1. The monoisotopic (exact) mass is 437 g/mol. The molecule has 2 aromatic rings. The maximum atomic E-state index is 12.6. The van der Waals surface area contributed by atoms with Crippen molar-refractivity contribution < 1.29 is 23.1 Å². The summed E-state index contributed by atoms with van der Waals surface area (Å²) in [5.74, 6) is -0.726. The topological polar surface area (TPSA) is 138 Å². The Hall–Kier alpha value is -2.72. The molecule has 3 N–H and O–H groups in total. The van der Waals surface area contributed by atoms with Gasteiger partial charge in [-0.25, -0.2) is 13.4 Å². The third kappa shape index (κ3) is 5.25. The Morgan fingerprint density at radius 1 is 1.27 bits per heavy atom. The van der Waals surface area contributed by atoms with Crippen molar-refractivity contribution in [3.63, 3.8) is 0 Å². The molecular formula is C20H27N3O6S. The molecule has 0 saturated carbocycles. The summed E-state index contributed by atoms with van der Waals surface area (Å²) < 4.78 is 33.1. The molecule has 2 rings (SSSR count). The van der Waals surface area contributed by atoms with Crippen LogP contribution in [0.3, 0.4) is 0 Å². The van der Waals surface area contributed by atoms with Crippen LogP contribution < -0.4 is 15.0 Å². The number of hydrogen-bond acceptors (Lipinski definition) is 6. The van der Waals surface area contributed by atoms with Crippen molar-refractivity contribution in [3.8, 4) is 17.1 Å². The molecule has 0 amide bonds. The first-order chi connectivity index (χ1) is 14.1. The van der Waals surface area contributed by atoms with Crippen LogP contribution in [0.1, 0.15) is 45.4 Å². The van der Waals surface area contributed by atoms with Crippen LogP contribution in [0.15, 0.2) is 27.9 Å². The number of aryl methyl sites for hydroxylation is 1. The number of nitrogens with one attached hydrogen (secondary N) is 2. The number of aromatic nitrogens is 2. The van der Waals surface area contributed by atoms with Gasteiger partial charge in [0.15, 0.2) is 0 Å². The fraction of sp³-hybridized carbons (Fsp3) is 0.450. The van der Waals surface area contributed by atoms with Crippen molar-refractivity contribution in [1.82, 2.24) is 14.7 Å². The highest BCUT2D eigenvalue weighted by Gasteiger charge is 2.24. The standard InChI is InChI=1S/C20H27N3O6S/c1-5-10-29-17-9-8-13(30(27,28)23-12(4)20(25)26)11-15(17)18-21-16(7-3)14(6-2)19(24)22-18/h8-9,11-12,23H,5-7,10H2,1-4H3,(H,25,26)(H,21,22,24). The summed E-state index contributed by atoms with van der Waals surface area (Å²) in [6.07, 6.45) is 1.80. The third-order valence-corrected chi connectivity index (χ3v) is 6.01. The summed E-state index contributed by atoms with van der Waals surface area (Å²) in [5, 5.41) is 9.01. The highest BCUT2D eigenvalue weighted by molar-refractivity contribution is 7.89. The number of carbonyl (C=O) groups is 1. The summed E-state index contributed by atoms with van der Waals surface area (Å²) in [4.78, 5) is 30.6. The lowest BCUT2D eigenvalue weighted by Crippen LogP contribution is -2.38. The molecule has 0 saturated heterocycles. The first kappa shape index (κ1) is 23.6. The van der Waals surface area contributed by atoms with Crippen LogP contribution in [-0.4, -0.2) is 42.1 Å². The lowest BCUT2D eigenvalue weighted by Gasteiger charge is -2.15. The predicted molar refractivity (Wildman–Crippen MR) is 112 cm³/mol. The fourth-order valence-electron chi connectivity index (χ4n) is 2.88. The fourth-order valence-corrected chi connectivity index (χ4v) is 4.10. The molecule has 1 atom stereocenters. The summed E-state index contributed by atoms with van der Waals surface area (Å²) in [7, 11) is -4.12. The molecule has 10 heteroatoms. The van der Waals surface area contributed by atoms with Gasteiger partial charge in [0.25, 0.3) is 5.56 Å². The van der Waals surface area contributed by atoms with Crippen LogP contribution in [0.25, 0.3) is 11.4 Å². The number of sulfonamides is 1. The van der Waals surface area contributed by atoms with Crippen LogP contribution in [0, 0.1) is 0 Å². The Kier molecular flexibility index (Phi) is 7.74. The van der Waals surface area contributed by atoms with Crippen LogP contribution in [0.2, 0.25) is 0 Å². The zero-order valence-corrected chi connectivity index (χ0v) is 18.3. The SMILES string of the molecule is CCCOc1ccc(S(=O)(=O)NC(C)C(=O)O)cc1-c1nc(CC)c(CC)c(=O)[nH]1. The second-order valence-corrected chi connectivity index (χ2v) is 8.45. The van der Waals surface area contributed by atoms with E-state index < -0.39 is 22.0 Å². The van der Waals surface area contributed by atoms with E-state index in [1.54, 1.807) is 0 Å². The molecule has 0 fully saturated rings. The van der Waals surface area contributed by atoms with E-state index in [1.807, 2.05) is 20.8 Å². The van der Waals surface area contributed by atoms with E-state index in [4.69, 9.17) is 9.84 Å². The molecule has 1 aromatic heterocycles. The Bertz CT molecular complexity index is 1080. The third-order valence-electron chi connectivity index (χ3n) is 4.47. The quantitative estimate of drug-likeness (QED) is 0.517. The molecule has 0 aliphatic rings. The van der Waals surface area contributed by atoms with Crippen LogP contribution in [-0.2, 0) is 27.7 Å². The van der Waals surface area contributed by atoms with Gasteiger partial charge >= 0.3 is 5.97 Å². The zero-order chi connectivity index (χ0) is 22.5. The van der Waals surface area contributed by atoms with Crippen molar-refractivity contribution in [2.75, 3.05) is 6.61 Å². The van der Waals surface area contributed by atoms with E-state index in [-0.39, 0.29) is 16.3 Å². The van der Waals surface area contributed by atoms with E-state index in [0.29, 0.717) is 42.0 Å². The highest BCUT2D eigenvalue weighted by Crippen LogP contribution is 2.30. The Morgan fingerprint density at radius 2 is 1.97 bits per heavy atom. The lowest BCUT2D eigenvalue weighted by molar-refractivity contribution is -0.138. The number of rotatable bonds is 10. The van der Waals surface area contributed by atoms with E-state index in [9.17, 15) is 18.0 Å². The van der Waals surface area contributed by atoms with Gasteiger partial charge in [0.1, 0.15) is 17.6 Å². The second kappa shape index (κ2) is 9.86. The van der Waals surface area contributed by atoms with Gasteiger partial charge in [0.05, 0.1) is 22.8 Å². The van der Waals surface area contributed by atoms with Gasteiger partial charge in [-0.05, 0) is 44.4 Å². The number of carboxylic acids is 1. The maximum absolute atomic E-state index is 12.6. The molecule has 0 aliphatic heterocycles. The number of nitrogens with zero attached hydrogens (tertiary/aromatic N) is 1. The van der Waals surface area contributed by atoms with Gasteiger partial charge in [-0.2, -0.15) is 4.72 Å². The average Bonchev–Trinajstić information content (AvgIpc) is 2.70. The molecule has 0 radical (unpaired) electrons. The van der Waals surface area contributed by atoms with Gasteiger partial charge in [-0.15, -0.1) is 0 Å². The summed E-state index contributed by atoms with van der Waals surface area (Å²) in [6.45, 7) is 7.31. The van der Waals surface area contributed by atoms with Crippen molar-refractivity contribution in [3.05, 3.63) is 39.8 Å². The van der Waals surface area contributed by atoms with Gasteiger partial charge in [0, 0.05) is 5.56 Å². The largest absolute Gasteiger partial charge is 0.493 e. The maximum Gasteiger partial charge on any atom is 0.321 e. The number of hydrogen-bond donors (Lipinski definition) is 3. The van der Waals surface area contributed by atoms with E-state index in [2.05, 4.69) is 14.7 Å². The minimum atomic E-state index is -4.12. The Labute approximate surface area is 175 Å².